The number of nitriles is 1. The molecule has 1 spiro atoms. The number of amides is 3. The van der Waals surface area contributed by atoms with Crippen LogP contribution in [0, 0.1) is 22.7 Å². The maximum Gasteiger partial charge on any atom is 0.253 e. The molecule has 5 aliphatic heterocycles. The van der Waals surface area contributed by atoms with Crippen molar-refractivity contribution in [3.05, 3.63) is 82.9 Å². The lowest BCUT2D eigenvalue weighted by Crippen LogP contribution is -2.50. The Morgan fingerprint density at radius 3 is 2.30 bits per heavy atom. The Balaban J connectivity index is 0.773. The SMILES string of the molecule is C[C@H]1CC2(CCN(c3ccc(C(=O)N4CCC(CN5CCN(c6ccccc6N[C@@H]6CCC(=O)NC6=O)CC5)CC4)cc3)CC2)CN1c1ccc(C#N)c(Cl)c1. The number of piperidine rings is 3. The fraction of sp³-hybridized carbons (Fsp3) is 0.500. The van der Waals surface area contributed by atoms with Gasteiger partial charge in [-0.1, -0.05) is 23.7 Å². The molecule has 11 nitrogen and oxygen atoms in total. The van der Waals surface area contributed by atoms with E-state index >= 15 is 0 Å². The molecule has 0 radical (unpaired) electrons. The van der Waals surface area contributed by atoms with E-state index < -0.39 is 6.04 Å². The minimum Gasteiger partial charge on any atom is -0.372 e. The summed E-state index contributed by atoms with van der Waals surface area (Å²) in [7, 11) is 0. The van der Waals surface area contributed by atoms with Gasteiger partial charge >= 0.3 is 0 Å². The molecule has 5 heterocycles. The molecule has 5 aliphatic rings. The topological polar surface area (TPSA) is 115 Å². The van der Waals surface area contributed by atoms with Gasteiger partial charge in [-0.05, 0) is 111 Å². The molecule has 2 N–H and O–H groups in total. The number of rotatable bonds is 8. The third-order valence-electron chi connectivity index (χ3n) is 13.1. The van der Waals surface area contributed by atoms with Crippen LogP contribution in [0.25, 0.3) is 0 Å². The standard InChI is InChI=1S/C44H53ClN8O3/c1-31-27-44(30-53(31)36-11-8-34(28-46)37(45)26-36)16-20-50(21-17-44)35-9-6-33(7-10-35)43(56)52-18-14-32(15-19-52)29-49-22-24-51(25-23-49)40-5-3-2-4-38(40)47-39-12-13-41(54)48-42(39)55/h2-11,26,31-32,39,47H,12-25,27,29-30H2,1H3,(H,48,54,55)/t31-,39+/m0/s1. The maximum atomic E-state index is 13.6. The van der Waals surface area contributed by atoms with E-state index in [0.29, 0.717) is 35.4 Å². The lowest BCUT2D eigenvalue weighted by molar-refractivity contribution is -0.133. The number of benzene rings is 3. The monoisotopic (exact) mass is 776 g/mol. The summed E-state index contributed by atoms with van der Waals surface area (Å²) in [6, 6.07) is 24.4. The van der Waals surface area contributed by atoms with Gasteiger partial charge in [-0.2, -0.15) is 5.26 Å². The molecule has 0 saturated carbocycles. The minimum absolute atomic E-state index is 0.133. The predicted molar refractivity (Wildman–Crippen MR) is 221 cm³/mol. The number of nitrogens with zero attached hydrogens (tertiary/aromatic N) is 6. The number of imide groups is 1. The summed E-state index contributed by atoms with van der Waals surface area (Å²) in [6.45, 7) is 11.7. The highest BCUT2D eigenvalue weighted by atomic mass is 35.5. The first-order chi connectivity index (χ1) is 27.2. The Morgan fingerprint density at radius 1 is 0.893 bits per heavy atom. The van der Waals surface area contributed by atoms with Gasteiger partial charge in [0.05, 0.1) is 22.0 Å². The van der Waals surface area contributed by atoms with Crippen molar-refractivity contribution in [1.82, 2.24) is 15.1 Å². The normalized spacial score (nSPS) is 23.3. The smallest absolute Gasteiger partial charge is 0.253 e. The van der Waals surface area contributed by atoms with Crippen molar-refractivity contribution < 1.29 is 14.4 Å². The zero-order chi connectivity index (χ0) is 38.8. The molecule has 12 heteroatoms. The molecule has 0 aromatic heterocycles. The van der Waals surface area contributed by atoms with Crippen LogP contribution in [-0.4, -0.2) is 105 Å². The average Bonchev–Trinajstić information content (AvgIpc) is 3.54. The van der Waals surface area contributed by atoms with Crippen LogP contribution < -0.4 is 25.3 Å². The van der Waals surface area contributed by atoms with Crippen molar-refractivity contribution in [2.75, 3.05) is 85.5 Å². The molecule has 2 atom stereocenters. The number of para-hydroxylation sites is 2. The number of carbonyl (C=O) groups excluding carboxylic acids is 3. The van der Waals surface area contributed by atoms with E-state index in [1.807, 2.05) is 53.4 Å². The number of hydrogen-bond acceptors (Lipinski definition) is 9. The second-order valence-electron chi connectivity index (χ2n) is 16.7. The van der Waals surface area contributed by atoms with Gasteiger partial charge in [-0.3, -0.25) is 24.6 Å². The maximum absolute atomic E-state index is 13.6. The van der Waals surface area contributed by atoms with Crippen molar-refractivity contribution in [3.8, 4) is 6.07 Å². The van der Waals surface area contributed by atoms with E-state index in [9.17, 15) is 19.6 Å². The Bertz CT molecular complexity index is 1960. The van der Waals surface area contributed by atoms with Crippen LogP contribution in [-0.2, 0) is 9.59 Å². The van der Waals surface area contributed by atoms with E-state index in [1.165, 1.54) is 5.69 Å². The van der Waals surface area contributed by atoms with E-state index in [-0.39, 0.29) is 23.1 Å². The Morgan fingerprint density at radius 2 is 1.61 bits per heavy atom. The molecule has 8 rings (SSSR count). The predicted octanol–water partition coefficient (Wildman–Crippen LogP) is 5.99. The van der Waals surface area contributed by atoms with Gasteiger partial charge in [0.25, 0.3) is 5.91 Å². The number of hydrogen-bond donors (Lipinski definition) is 2. The van der Waals surface area contributed by atoms with Crippen molar-refractivity contribution in [3.63, 3.8) is 0 Å². The van der Waals surface area contributed by atoms with E-state index in [0.717, 1.165) is 120 Å². The third-order valence-corrected chi connectivity index (χ3v) is 13.4. The number of carbonyl (C=O) groups is 3. The zero-order valence-electron chi connectivity index (χ0n) is 32.4. The summed E-state index contributed by atoms with van der Waals surface area (Å²) in [4.78, 5) is 49.5. The van der Waals surface area contributed by atoms with Gasteiger partial charge in [0.2, 0.25) is 11.8 Å². The number of piperazine rings is 1. The van der Waals surface area contributed by atoms with Crippen LogP contribution in [0.2, 0.25) is 5.02 Å². The molecule has 3 aromatic carbocycles. The molecular weight excluding hydrogens is 724 g/mol. The third kappa shape index (κ3) is 8.19. The molecule has 3 aromatic rings. The van der Waals surface area contributed by atoms with E-state index in [4.69, 9.17) is 11.6 Å². The highest BCUT2D eigenvalue weighted by Crippen LogP contribution is 2.46. The van der Waals surface area contributed by atoms with Gasteiger partial charge < -0.3 is 24.9 Å². The highest BCUT2D eigenvalue weighted by Gasteiger charge is 2.44. The van der Waals surface area contributed by atoms with E-state index in [1.54, 1.807) is 0 Å². The highest BCUT2D eigenvalue weighted by molar-refractivity contribution is 6.32. The summed E-state index contributed by atoms with van der Waals surface area (Å²) in [5, 5.41) is 15.6. The molecule has 3 amide bonds. The second-order valence-corrected chi connectivity index (χ2v) is 17.1. The summed E-state index contributed by atoms with van der Waals surface area (Å²) >= 11 is 6.38. The minimum atomic E-state index is -0.404. The molecule has 56 heavy (non-hydrogen) atoms. The van der Waals surface area contributed by atoms with Gasteiger partial charge in [0, 0.05) is 94.8 Å². The van der Waals surface area contributed by atoms with Crippen LogP contribution in [0.3, 0.4) is 0 Å². The second kappa shape index (κ2) is 16.4. The summed E-state index contributed by atoms with van der Waals surface area (Å²) in [5.41, 5.74) is 5.88. The number of anilines is 4. The molecule has 5 fully saturated rings. The largest absolute Gasteiger partial charge is 0.372 e. The molecule has 0 aliphatic carbocycles. The fourth-order valence-corrected chi connectivity index (χ4v) is 10.00. The van der Waals surface area contributed by atoms with Gasteiger partial charge in [0.15, 0.2) is 0 Å². The zero-order valence-corrected chi connectivity index (χ0v) is 33.1. The number of halogens is 1. The molecule has 0 unspecified atom stereocenters. The quantitative estimate of drug-likeness (QED) is 0.267. The summed E-state index contributed by atoms with van der Waals surface area (Å²) in [5.74, 6) is 0.251. The lowest BCUT2D eigenvalue weighted by Gasteiger charge is -2.40. The van der Waals surface area contributed by atoms with Crippen LogP contribution in [0.15, 0.2) is 66.7 Å². The van der Waals surface area contributed by atoms with E-state index in [2.05, 4.69) is 61.4 Å². The molecular formula is C44H53ClN8O3. The fourth-order valence-electron chi connectivity index (χ4n) is 9.78. The molecule has 0 bridgehead atoms. The van der Waals surface area contributed by atoms with Gasteiger partial charge in [-0.15, -0.1) is 0 Å². The van der Waals surface area contributed by atoms with Crippen LogP contribution in [0.1, 0.15) is 67.8 Å². The van der Waals surface area contributed by atoms with Crippen molar-refractivity contribution in [1.29, 1.82) is 5.26 Å². The van der Waals surface area contributed by atoms with Crippen LogP contribution in [0.5, 0.6) is 0 Å². The first-order valence-corrected chi connectivity index (χ1v) is 20.8. The number of nitrogens with one attached hydrogen (secondary N) is 2. The van der Waals surface area contributed by atoms with Gasteiger partial charge in [0.1, 0.15) is 12.1 Å². The van der Waals surface area contributed by atoms with Crippen molar-refractivity contribution in [2.45, 2.75) is 64.0 Å². The summed E-state index contributed by atoms with van der Waals surface area (Å²) < 4.78 is 0. The Hall–Kier alpha value is -4.79. The molecule has 5 saturated heterocycles. The first kappa shape index (κ1) is 38.1. The lowest BCUT2D eigenvalue weighted by atomic mass is 9.76. The van der Waals surface area contributed by atoms with Gasteiger partial charge in [-0.25, -0.2) is 0 Å². The molecule has 294 valence electrons. The Kier molecular flexibility index (Phi) is 11.1. The van der Waals surface area contributed by atoms with Crippen molar-refractivity contribution >= 4 is 52.1 Å². The van der Waals surface area contributed by atoms with Crippen LogP contribution in [0.4, 0.5) is 22.7 Å². The number of likely N-dealkylation sites (tertiary alicyclic amines) is 1. The van der Waals surface area contributed by atoms with Crippen molar-refractivity contribution in [2.24, 2.45) is 11.3 Å². The first-order valence-electron chi connectivity index (χ1n) is 20.4. The average molecular weight is 777 g/mol. The summed E-state index contributed by atoms with van der Waals surface area (Å²) in [6.07, 6.45) is 6.30. The Labute approximate surface area is 335 Å². The van der Waals surface area contributed by atoms with Crippen LogP contribution >= 0.6 is 11.6 Å².